The lowest BCUT2D eigenvalue weighted by molar-refractivity contribution is -0.116. The van der Waals surface area contributed by atoms with E-state index in [2.05, 4.69) is 5.32 Å². The molecule has 1 saturated heterocycles. The Morgan fingerprint density at radius 2 is 2.35 bits per heavy atom. The Bertz CT molecular complexity index is 439. The summed E-state index contributed by atoms with van der Waals surface area (Å²) in [5.41, 5.74) is 0.778. The van der Waals surface area contributed by atoms with Crippen molar-refractivity contribution in [2.24, 2.45) is 5.92 Å². The molecular formula is C16H23NO3. The van der Waals surface area contributed by atoms with Crippen molar-refractivity contribution in [3.8, 4) is 5.75 Å². The second-order valence-corrected chi connectivity index (χ2v) is 5.62. The number of rotatable bonds is 6. The van der Waals surface area contributed by atoms with E-state index in [1.165, 1.54) is 0 Å². The number of carbonyl (C=O) groups excluding carboxylic acids is 1. The normalized spacial score (nSPS) is 18.2. The van der Waals surface area contributed by atoms with Crippen molar-refractivity contribution in [3.63, 3.8) is 0 Å². The van der Waals surface area contributed by atoms with E-state index < -0.39 is 0 Å². The van der Waals surface area contributed by atoms with Crippen molar-refractivity contribution in [1.82, 2.24) is 0 Å². The average Bonchev–Trinajstić information content (AvgIpc) is 2.88. The van der Waals surface area contributed by atoms with Crippen LogP contribution < -0.4 is 10.1 Å². The lowest BCUT2D eigenvalue weighted by Gasteiger charge is -2.13. The van der Waals surface area contributed by atoms with Gasteiger partial charge in [0.1, 0.15) is 12.4 Å². The smallest absolute Gasteiger partial charge is 0.224 e. The quantitative estimate of drug-likeness (QED) is 0.868. The monoisotopic (exact) mass is 277 g/mol. The summed E-state index contributed by atoms with van der Waals surface area (Å²) in [6, 6.07) is 7.51. The maximum atomic E-state index is 11.7. The number of nitrogens with one attached hydrogen (secondary N) is 1. The lowest BCUT2D eigenvalue weighted by Crippen LogP contribution is -2.16. The number of ether oxygens (including phenoxy) is 2. The molecule has 4 heteroatoms. The number of hydrogen-bond acceptors (Lipinski definition) is 3. The first-order valence-corrected chi connectivity index (χ1v) is 7.28. The highest BCUT2D eigenvalue weighted by atomic mass is 16.5. The van der Waals surface area contributed by atoms with Gasteiger partial charge in [0, 0.05) is 24.8 Å². The minimum atomic E-state index is 0.0382. The zero-order valence-electron chi connectivity index (χ0n) is 12.2. The summed E-state index contributed by atoms with van der Waals surface area (Å²) in [7, 11) is 0. The van der Waals surface area contributed by atoms with Gasteiger partial charge in [-0.15, -0.1) is 0 Å². The predicted octanol–water partition coefficient (Wildman–Crippen LogP) is 3.23. The van der Waals surface area contributed by atoms with Crippen LogP contribution in [0.25, 0.3) is 0 Å². The molecule has 0 bridgehead atoms. The van der Waals surface area contributed by atoms with Crippen molar-refractivity contribution >= 4 is 11.6 Å². The zero-order valence-corrected chi connectivity index (χ0v) is 12.2. The molecule has 1 fully saturated rings. The van der Waals surface area contributed by atoms with E-state index in [0.29, 0.717) is 18.9 Å². The Morgan fingerprint density at radius 3 is 3.05 bits per heavy atom. The maximum absolute atomic E-state index is 11.7. The first-order chi connectivity index (χ1) is 9.63. The Hall–Kier alpha value is -1.55. The van der Waals surface area contributed by atoms with E-state index in [1.807, 2.05) is 38.1 Å². The largest absolute Gasteiger partial charge is 0.491 e. The Morgan fingerprint density at radius 1 is 1.50 bits per heavy atom. The van der Waals surface area contributed by atoms with Crippen LogP contribution in [0.5, 0.6) is 5.75 Å². The van der Waals surface area contributed by atoms with Gasteiger partial charge >= 0.3 is 0 Å². The molecule has 1 unspecified atom stereocenters. The molecule has 1 amide bonds. The van der Waals surface area contributed by atoms with Gasteiger partial charge in [-0.25, -0.2) is 0 Å². The van der Waals surface area contributed by atoms with Gasteiger partial charge in [0.2, 0.25) is 5.91 Å². The van der Waals surface area contributed by atoms with Crippen LogP contribution in [-0.2, 0) is 9.53 Å². The molecule has 20 heavy (non-hydrogen) atoms. The number of carbonyl (C=O) groups is 1. The van der Waals surface area contributed by atoms with Gasteiger partial charge in [-0.2, -0.15) is 0 Å². The van der Waals surface area contributed by atoms with Crippen LogP contribution in [0, 0.1) is 5.92 Å². The van der Waals surface area contributed by atoms with Crippen LogP contribution in [0.3, 0.4) is 0 Å². The molecule has 1 aliphatic heterocycles. The fourth-order valence-corrected chi connectivity index (χ4v) is 2.21. The molecule has 1 heterocycles. The average molecular weight is 277 g/mol. The molecule has 0 aliphatic carbocycles. The first kappa shape index (κ1) is 14.9. The van der Waals surface area contributed by atoms with E-state index in [0.717, 1.165) is 30.9 Å². The molecule has 0 aromatic heterocycles. The van der Waals surface area contributed by atoms with Crippen LogP contribution in [-0.4, -0.2) is 25.2 Å². The van der Waals surface area contributed by atoms with E-state index in [-0.39, 0.29) is 12.0 Å². The highest BCUT2D eigenvalue weighted by molar-refractivity contribution is 5.90. The zero-order chi connectivity index (χ0) is 14.4. The minimum Gasteiger partial charge on any atom is -0.491 e. The van der Waals surface area contributed by atoms with Crippen molar-refractivity contribution in [3.05, 3.63) is 24.3 Å². The van der Waals surface area contributed by atoms with Gasteiger partial charge in [-0.05, 0) is 30.9 Å². The van der Waals surface area contributed by atoms with Gasteiger partial charge in [0.05, 0.1) is 6.10 Å². The maximum Gasteiger partial charge on any atom is 0.224 e. The standard InChI is InChI=1S/C16H23NO3/c1-12(2)9-16(18)17-13-5-3-6-14(10-13)20-11-15-7-4-8-19-15/h3,5-6,10,12,15H,4,7-9,11H2,1-2H3,(H,17,18). The SMILES string of the molecule is CC(C)CC(=O)Nc1cccc(OCC2CCCO2)c1. The second-order valence-electron chi connectivity index (χ2n) is 5.62. The predicted molar refractivity (Wildman–Crippen MR) is 79.0 cm³/mol. The fourth-order valence-electron chi connectivity index (χ4n) is 2.21. The highest BCUT2D eigenvalue weighted by Crippen LogP contribution is 2.20. The summed E-state index contributed by atoms with van der Waals surface area (Å²) in [6.45, 7) is 5.46. The van der Waals surface area contributed by atoms with Crippen molar-refractivity contribution in [2.75, 3.05) is 18.5 Å². The van der Waals surface area contributed by atoms with Crippen LogP contribution in [0.4, 0.5) is 5.69 Å². The second kappa shape index (κ2) is 7.29. The van der Waals surface area contributed by atoms with Gasteiger partial charge in [0.25, 0.3) is 0 Å². The molecule has 2 rings (SSSR count). The van der Waals surface area contributed by atoms with Crippen molar-refractivity contribution in [1.29, 1.82) is 0 Å². The van der Waals surface area contributed by atoms with Crippen LogP contribution in [0.15, 0.2) is 24.3 Å². The topological polar surface area (TPSA) is 47.6 Å². The summed E-state index contributed by atoms with van der Waals surface area (Å²) in [5, 5.41) is 2.89. The minimum absolute atomic E-state index is 0.0382. The number of benzene rings is 1. The van der Waals surface area contributed by atoms with Crippen LogP contribution in [0.1, 0.15) is 33.1 Å². The highest BCUT2D eigenvalue weighted by Gasteiger charge is 2.16. The van der Waals surface area contributed by atoms with Gasteiger partial charge in [0.15, 0.2) is 0 Å². The van der Waals surface area contributed by atoms with E-state index in [1.54, 1.807) is 0 Å². The van der Waals surface area contributed by atoms with E-state index in [9.17, 15) is 4.79 Å². The molecule has 1 aromatic rings. The van der Waals surface area contributed by atoms with Crippen LogP contribution in [0.2, 0.25) is 0 Å². The summed E-state index contributed by atoms with van der Waals surface area (Å²) in [6.07, 6.45) is 2.90. The third kappa shape index (κ3) is 4.85. The molecule has 1 atom stereocenters. The van der Waals surface area contributed by atoms with Gasteiger partial charge < -0.3 is 14.8 Å². The molecule has 1 aromatic carbocycles. The third-order valence-corrected chi connectivity index (χ3v) is 3.17. The molecule has 0 radical (unpaired) electrons. The molecule has 1 aliphatic rings. The van der Waals surface area contributed by atoms with E-state index >= 15 is 0 Å². The van der Waals surface area contributed by atoms with Gasteiger partial charge in [-0.1, -0.05) is 19.9 Å². The van der Waals surface area contributed by atoms with Crippen molar-refractivity contribution in [2.45, 2.75) is 39.2 Å². The van der Waals surface area contributed by atoms with E-state index in [4.69, 9.17) is 9.47 Å². The third-order valence-electron chi connectivity index (χ3n) is 3.17. The van der Waals surface area contributed by atoms with Crippen molar-refractivity contribution < 1.29 is 14.3 Å². The molecular weight excluding hydrogens is 254 g/mol. The molecule has 0 spiro atoms. The molecule has 1 N–H and O–H groups in total. The molecule has 0 saturated carbocycles. The Kier molecular flexibility index (Phi) is 5.41. The Balaban J connectivity index is 1.85. The number of anilines is 1. The molecule has 110 valence electrons. The summed E-state index contributed by atoms with van der Waals surface area (Å²) >= 11 is 0. The molecule has 4 nitrogen and oxygen atoms in total. The summed E-state index contributed by atoms with van der Waals surface area (Å²) < 4.78 is 11.2. The number of hydrogen-bond donors (Lipinski definition) is 1. The van der Waals surface area contributed by atoms with Gasteiger partial charge in [-0.3, -0.25) is 4.79 Å². The summed E-state index contributed by atoms with van der Waals surface area (Å²) in [4.78, 5) is 11.7. The fraction of sp³-hybridized carbons (Fsp3) is 0.562. The Labute approximate surface area is 120 Å². The van der Waals surface area contributed by atoms with Crippen LogP contribution >= 0.6 is 0 Å². The summed E-state index contributed by atoms with van der Waals surface area (Å²) in [5.74, 6) is 1.16. The lowest BCUT2D eigenvalue weighted by atomic mass is 10.1. The number of amides is 1. The first-order valence-electron chi connectivity index (χ1n) is 7.28.